The molecule has 38 heavy (non-hydrogen) atoms. The van der Waals surface area contributed by atoms with Crippen molar-refractivity contribution < 1.29 is 23.5 Å². The molecule has 1 aliphatic rings. The van der Waals surface area contributed by atoms with E-state index >= 15 is 0 Å². The van der Waals surface area contributed by atoms with Crippen LogP contribution in [-0.4, -0.2) is 51.3 Å². The maximum Gasteiger partial charge on any atom is 0.314 e. The maximum absolute atomic E-state index is 12.8. The van der Waals surface area contributed by atoms with Crippen LogP contribution in [0.1, 0.15) is 92.1 Å². The fourth-order valence-corrected chi connectivity index (χ4v) is 11.6. The van der Waals surface area contributed by atoms with Gasteiger partial charge in [-0.25, -0.2) is 0 Å². The zero-order chi connectivity index (χ0) is 28.0. The average molecular weight is 538 g/mol. The molecule has 0 saturated carbocycles. The standard InChI is InChI=1S/C31H43NO5Si/c1-21(2)38(22(3)4,23(5)6)37-19-11-10-12-24-15-17-25(18-16-24)28(31(35)36-7)20-32-29(33)26-13-8-9-14-27(26)30(32)34/h8-9,13-18,21-23,28H,10-12,19-20H2,1-7H3. The molecule has 0 aromatic heterocycles. The zero-order valence-corrected chi connectivity index (χ0v) is 25.0. The Morgan fingerprint density at radius 3 is 1.82 bits per heavy atom. The Balaban J connectivity index is 1.60. The van der Waals surface area contributed by atoms with Crippen LogP contribution in [0.3, 0.4) is 0 Å². The number of ether oxygens (including phenoxy) is 1. The average Bonchev–Trinajstić information content (AvgIpc) is 3.13. The van der Waals surface area contributed by atoms with Gasteiger partial charge in [0.2, 0.25) is 0 Å². The largest absolute Gasteiger partial charge is 0.468 e. The van der Waals surface area contributed by atoms with Gasteiger partial charge >= 0.3 is 5.97 Å². The smallest absolute Gasteiger partial charge is 0.314 e. The van der Waals surface area contributed by atoms with Gasteiger partial charge in [-0.05, 0) is 59.1 Å². The minimum atomic E-state index is -1.83. The summed E-state index contributed by atoms with van der Waals surface area (Å²) in [6.45, 7) is 14.6. The van der Waals surface area contributed by atoms with Gasteiger partial charge in [-0.15, -0.1) is 0 Å². The van der Waals surface area contributed by atoms with Gasteiger partial charge in [0.15, 0.2) is 8.32 Å². The lowest BCUT2D eigenvalue weighted by atomic mass is 9.96. The molecule has 1 heterocycles. The lowest BCUT2D eigenvalue weighted by Crippen LogP contribution is -2.47. The lowest BCUT2D eigenvalue weighted by Gasteiger charge is -2.42. The molecule has 2 amide bonds. The Bertz CT molecular complexity index is 1070. The number of rotatable bonds is 13. The fraction of sp³-hybridized carbons (Fsp3) is 0.516. The highest BCUT2D eigenvalue weighted by molar-refractivity contribution is 6.77. The van der Waals surface area contributed by atoms with Gasteiger partial charge < -0.3 is 9.16 Å². The van der Waals surface area contributed by atoms with Crippen molar-refractivity contribution in [1.82, 2.24) is 4.90 Å². The minimum Gasteiger partial charge on any atom is -0.468 e. The van der Waals surface area contributed by atoms with E-state index in [9.17, 15) is 14.4 Å². The number of amides is 2. The molecule has 2 aromatic rings. The molecule has 1 aliphatic heterocycles. The van der Waals surface area contributed by atoms with E-state index < -0.39 is 20.2 Å². The van der Waals surface area contributed by atoms with Crippen molar-refractivity contribution in [2.24, 2.45) is 0 Å². The summed E-state index contributed by atoms with van der Waals surface area (Å²) in [4.78, 5) is 39.5. The number of hydrogen-bond acceptors (Lipinski definition) is 5. The molecule has 0 saturated heterocycles. The van der Waals surface area contributed by atoms with Crippen molar-refractivity contribution in [3.8, 4) is 0 Å². The second-order valence-corrected chi connectivity index (χ2v) is 16.7. The van der Waals surface area contributed by atoms with Gasteiger partial charge in [0.1, 0.15) is 0 Å². The zero-order valence-electron chi connectivity index (χ0n) is 24.0. The van der Waals surface area contributed by atoms with Crippen LogP contribution >= 0.6 is 0 Å². The number of carbonyl (C=O) groups excluding carboxylic acids is 3. The predicted octanol–water partition coefficient (Wildman–Crippen LogP) is 6.75. The van der Waals surface area contributed by atoms with Crippen LogP contribution in [0.4, 0.5) is 0 Å². The van der Waals surface area contributed by atoms with Gasteiger partial charge in [-0.1, -0.05) is 77.9 Å². The number of methoxy groups -OCH3 is 1. The molecular weight excluding hydrogens is 494 g/mol. The minimum absolute atomic E-state index is 0.0527. The second-order valence-electron chi connectivity index (χ2n) is 11.2. The number of benzene rings is 2. The van der Waals surface area contributed by atoms with Crippen LogP contribution < -0.4 is 0 Å². The maximum atomic E-state index is 12.8. The summed E-state index contributed by atoms with van der Waals surface area (Å²) >= 11 is 0. The molecule has 3 rings (SSSR count). The highest BCUT2D eigenvalue weighted by atomic mass is 28.4. The number of aryl methyl sites for hydroxylation is 1. The van der Waals surface area contributed by atoms with E-state index in [-0.39, 0.29) is 18.4 Å². The molecule has 0 fully saturated rings. The van der Waals surface area contributed by atoms with Crippen LogP contribution in [0.15, 0.2) is 48.5 Å². The van der Waals surface area contributed by atoms with Crippen LogP contribution in [0.25, 0.3) is 0 Å². The van der Waals surface area contributed by atoms with Crippen molar-refractivity contribution >= 4 is 26.1 Å². The summed E-state index contributed by atoms with van der Waals surface area (Å²) in [5.41, 5.74) is 4.39. The molecule has 0 aliphatic carbocycles. The monoisotopic (exact) mass is 537 g/mol. The Morgan fingerprint density at radius 2 is 1.34 bits per heavy atom. The Kier molecular flexibility index (Phi) is 10.1. The summed E-state index contributed by atoms with van der Waals surface area (Å²) in [6.07, 6.45) is 2.95. The van der Waals surface area contributed by atoms with E-state index in [1.54, 1.807) is 24.3 Å². The van der Waals surface area contributed by atoms with Gasteiger partial charge in [-0.3, -0.25) is 19.3 Å². The van der Waals surface area contributed by atoms with Crippen molar-refractivity contribution in [2.45, 2.75) is 83.3 Å². The molecule has 0 N–H and O–H groups in total. The Morgan fingerprint density at radius 1 is 0.816 bits per heavy atom. The van der Waals surface area contributed by atoms with Gasteiger partial charge in [0.05, 0.1) is 24.2 Å². The molecule has 0 spiro atoms. The summed E-state index contributed by atoms with van der Waals surface area (Å²) < 4.78 is 11.7. The molecule has 7 heteroatoms. The summed E-state index contributed by atoms with van der Waals surface area (Å²) in [5.74, 6) is -1.97. The lowest BCUT2D eigenvalue weighted by molar-refractivity contribution is -0.142. The van der Waals surface area contributed by atoms with Crippen molar-refractivity contribution in [1.29, 1.82) is 0 Å². The molecule has 1 atom stereocenters. The number of esters is 1. The van der Waals surface area contributed by atoms with Crippen molar-refractivity contribution in [2.75, 3.05) is 20.3 Å². The number of hydrogen-bond donors (Lipinski definition) is 0. The first-order chi connectivity index (χ1) is 18.0. The quantitative estimate of drug-likeness (QED) is 0.122. The molecule has 2 aromatic carbocycles. The Labute approximate surface area is 228 Å². The van der Waals surface area contributed by atoms with E-state index in [1.807, 2.05) is 24.3 Å². The number of nitrogens with zero attached hydrogens (tertiary/aromatic N) is 1. The number of unbranched alkanes of at least 4 members (excludes halogenated alkanes) is 1. The fourth-order valence-electron chi connectivity index (χ4n) is 6.14. The van der Waals surface area contributed by atoms with Gasteiger partial charge in [0.25, 0.3) is 11.8 Å². The first-order valence-corrected chi connectivity index (χ1v) is 15.9. The molecule has 6 nitrogen and oxygen atoms in total. The predicted molar refractivity (Wildman–Crippen MR) is 153 cm³/mol. The molecule has 1 unspecified atom stereocenters. The summed E-state index contributed by atoms with van der Waals surface area (Å²) in [5, 5.41) is 0. The van der Waals surface area contributed by atoms with E-state index in [4.69, 9.17) is 9.16 Å². The SMILES string of the molecule is COC(=O)C(CN1C(=O)c2ccccc2C1=O)c1ccc(CCCCO[Si](C(C)C)(C(C)C)C(C)C)cc1. The number of carbonyl (C=O) groups is 3. The first-order valence-electron chi connectivity index (χ1n) is 13.8. The van der Waals surface area contributed by atoms with E-state index in [1.165, 1.54) is 12.7 Å². The van der Waals surface area contributed by atoms with Gasteiger partial charge in [0, 0.05) is 13.2 Å². The summed E-state index contributed by atoms with van der Waals surface area (Å²) in [6, 6.07) is 14.6. The number of imide groups is 1. The van der Waals surface area contributed by atoms with Crippen molar-refractivity contribution in [3.05, 3.63) is 70.8 Å². The van der Waals surface area contributed by atoms with Gasteiger partial charge in [-0.2, -0.15) is 0 Å². The third-order valence-electron chi connectivity index (χ3n) is 8.03. The molecule has 0 bridgehead atoms. The topological polar surface area (TPSA) is 72.9 Å². The van der Waals surface area contributed by atoms with Crippen LogP contribution in [0.2, 0.25) is 16.6 Å². The number of fused-ring (bicyclic) bond motifs is 1. The van der Waals surface area contributed by atoms with E-state index in [0.29, 0.717) is 27.8 Å². The highest BCUT2D eigenvalue weighted by Gasteiger charge is 2.44. The van der Waals surface area contributed by atoms with E-state index in [2.05, 4.69) is 41.5 Å². The van der Waals surface area contributed by atoms with Crippen LogP contribution in [0, 0.1) is 0 Å². The van der Waals surface area contributed by atoms with Crippen LogP contribution in [0.5, 0.6) is 0 Å². The first kappa shape index (κ1) is 29.8. The molecule has 0 radical (unpaired) electrons. The molecule has 206 valence electrons. The van der Waals surface area contributed by atoms with E-state index in [0.717, 1.165) is 36.3 Å². The highest BCUT2D eigenvalue weighted by Crippen LogP contribution is 2.42. The third-order valence-corrected chi connectivity index (χ3v) is 14.1. The third kappa shape index (κ3) is 6.10. The van der Waals surface area contributed by atoms with Crippen molar-refractivity contribution in [3.63, 3.8) is 0 Å². The van der Waals surface area contributed by atoms with Crippen LogP contribution in [-0.2, 0) is 20.4 Å². The second kappa shape index (κ2) is 12.9. The normalized spacial score (nSPS) is 14.5. The molecular formula is C31H43NO5Si. The Hall–Kier alpha value is -2.77. The summed E-state index contributed by atoms with van der Waals surface area (Å²) in [7, 11) is -0.510.